The maximum atomic E-state index is 11.3. The van der Waals surface area contributed by atoms with Crippen LogP contribution < -0.4 is 11.1 Å². The fraction of sp³-hybridized carbons (Fsp3) is 0.438. The molecule has 132 valence electrons. The van der Waals surface area contributed by atoms with Gasteiger partial charge in [-0.3, -0.25) is 9.69 Å². The number of likely N-dealkylation sites (N-methyl/N-ethyl adjacent to an activating group) is 1. The van der Waals surface area contributed by atoms with Crippen molar-refractivity contribution in [2.75, 3.05) is 26.7 Å². The van der Waals surface area contributed by atoms with Crippen LogP contribution in [0, 0.1) is 0 Å². The van der Waals surface area contributed by atoms with Crippen molar-refractivity contribution < 1.29 is 9.32 Å². The zero-order chi connectivity index (χ0) is 16.5. The minimum atomic E-state index is -0.139. The van der Waals surface area contributed by atoms with Gasteiger partial charge >= 0.3 is 0 Å². The van der Waals surface area contributed by atoms with Crippen LogP contribution in [0.3, 0.4) is 0 Å². The largest absolute Gasteiger partial charge is 0.359 e. The Kier molecular flexibility index (Phi) is 8.99. The topological polar surface area (TPSA) is 97.3 Å². The molecule has 24 heavy (non-hydrogen) atoms. The summed E-state index contributed by atoms with van der Waals surface area (Å²) in [5.41, 5.74) is 6.96. The van der Waals surface area contributed by atoms with E-state index in [4.69, 9.17) is 10.3 Å². The highest BCUT2D eigenvalue weighted by Crippen LogP contribution is 2.06. The third kappa shape index (κ3) is 6.66. The summed E-state index contributed by atoms with van der Waals surface area (Å²) in [5, 5.41) is 6.37. The van der Waals surface area contributed by atoms with Crippen molar-refractivity contribution in [2.45, 2.75) is 19.4 Å². The number of carbonyl (C=O) groups excluding carboxylic acids is 1. The molecule has 0 unspecified atom stereocenters. The molecule has 0 radical (unpaired) electrons. The Morgan fingerprint density at radius 1 is 1.29 bits per heavy atom. The Morgan fingerprint density at radius 2 is 2.04 bits per heavy atom. The Balaban J connectivity index is 0.00000288. The first-order valence-corrected chi connectivity index (χ1v) is 7.69. The molecule has 0 bridgehead atoms. The van der Waals surface area contributed by atoms with Crippen LogP contribution >= 0.6 is 12.4 Å². The van der Waals surface area contributed by atoms with Crippen LogP contribution in [-0.2, 0) is 24.2 Å². The molecule has 1 heterocycles. The number of nitrogens with one attached hydrogen (secondary N) is 1. The van der Waals surface area contributed by atoms with Gasteiger partial charge < -0.3 is 15.6 Å². The number of hydrogen-bond acceptors (Lipinski definition) is 6. The summed E-state index contributed by atoms with van der Waals surface area (Å²) in [6.07, 6.45) is 1.06. The second kappa shape index (κ2) is 10.7. The lowest BCUT2D eigenvalue weighted by atomic mass is 10.1. The monoisotopic (exact) mass is 353 g/mol. The van der Waals surface area contributed by atoms with E-state index in [2.05, 4.69) is 32.5 Å². The van der Waals surface area contributed by atoms with Gasteiger partial charge in [-0.2, -0.15) is 4.98 Å². The number of amides is 1. The van der Waals surface area contributed by atoms with Crippen molar-refractivity contribution in [3.8, 4) is 0 Å². The molecule has 0 spiro atoms. The number of halogens is 1. The first kappa shape index (κ1) is 20.1. The molecule has 1 amide bonds. The molecule has 1 aromatic carbocycles. The summed E-state index contributed by atoms with van der Waals surface area (Å²) in [5.74, 6) is 0.765. The van der Waals surface area contributed by atoms with Gasteiger partial charge in [-0.15, -0.1) is 12.4 Å². The number of hydrogen-bond donors (Lipinski definition) is 2. The second-order valence-electron chi connectivity index (χ2n) is 5.25. The Bertz CT molecular complexity index is 606. The molecule has 2 aromatic rings. The van der Waals surface area contributed by atoms with Crippen molar-refractivity contribution in [1.82, 2.24) is 20.4 Å². The second-order valence-corrected chi connectivity index (χ2v) is 5.25. The van der Waals surface area contributed by atoms with E-state index in [9.17, 15) is 4.79 Å². The number of nitrogens with two attached hydrogens (primary N) is 1. The smallest absolute Gasteiger partial charge is 0.240 e. The van der Waals surface area contributed by atoms with Gasteiger partial charge in [0.15, 0.2) is 5.82 Å². The minimum absolute atomic E-state index is 0. The molecule has 0 atom stereocenters. The van der Waals surface area contributed by atoms with E-state index < -0.39 is 0 Å². The summed E-state index contributed by atoms with van der Waals surface area (Å²) in [7, 11) is 1.58. The van der Waals surface area contributed by atoms with Gasteiger partial charge in [-0.25, -0.2) is 0 Å². The van der Waals surface area contributed by atoms with Crippen LogP contribution in [0.2, 0.25) is 0 Å². The van der Waals surface area contributed by atoms with Crippen LogP contribution in [0.25, 0.3) is 0 Å². The van der Waals surface area contributed by atoms with Crippen molar-refractivity contribution >= 4 is 18.3 Å². The highest BCUT2D eigenvalue weighted by Gasteiger charge is 2.13. The van der Waals surface area contributed by atoms with Crippen LogP contribution in [0.5, 0.6) is 0 Å². The number of rotatable bonds is 9. The number of benzene rings is 1. The fourth-order valence-electron chi connectivity index (χ4n) is 2.23. The molecule has 0 saturated heterocycles. The third-order valence-corrected chi connectivity index (χ3v) is 3.47. The predicted octanol–water partition coefficient (Wildman–Crippen LogP) is 0.783. The molecule has 3 N–H and O–H groups in total. The van der Waals surface area contributed by atoms with E-state index in [-0.39, 0.29) is 24.7 Å². The lowest BCUT2D eigenvalue weighted by Crippen LogP contribution is -2.31. The highest BCUT2D eigenvalue weighted by molar-refractivity contribution is 5.85. The van der Waals surface area contributed by atoms with Crippen LogP contribution in [0.1, 0.15) is 17.3 Å². The van der Waals surface area contributed by atoms with Crippen molar-refractivity contribution in [2.24, 2.45) is 5.73 Å². The summed E-state index contributed by atoms with van der Waals surface area (Å²) < 4.78 is 5.22. The molecule has 2 rings (SSSR count). The van der Waals surface area contributed by atoms with Gasteiger partial charge in [0.05, 0.1) is 13.0 Å². The standard InChI is InChI=1S/C16H23N5O2.ClH/c1-18-15(22)11-14-19-16(23-20-14)12-21(10-8-17)9-7-13-5-3-2-4-6-13;/h2-6H,7-12,17H2,1H3,(H,18,22);1H. The van der Waals surface area contributed by atoms with Gasteiger partial charge in [-0.1, -0.05) is 35.5 Å². The quantitative estimate of drug-likeness (QED) is 0.691. The summed E-state index contributed by atoms with van der Waals surface area (Å²) in [6.45, 7) is 2.70. The third-order valence-electron chi connectivity index (χ3n) is 3.47. The van der Waals surface area contributed by atoms with E-state index in [1.807, 2.05) is 18.2 Å². The van der Waals surface area contributed by atoms with Crippen LogP contribution in [-0.4, -0.2) is 47.6 Å². The molecule has 1 aromatic heterocycles. The van der Waals surface area contributed by atoms with Crippen molar-refractivity contribution in [1.29, 1.82) is 0 Å². The summed E-state index contributed by atoms with van der Waals surface area (Å²) >= 11 is 0. The van der Waals surface area contributed by atoms with Crippen molar-refractivity contribution in [3.63, 3.8) is 0 Å². The lowest BCUT2D eigenvalue weighted by molar-refractivity contribution is -0.120. The fourth-order valence-corrected chi connectivity index (χ4v) is 2.23. The minimum Gasteiger partial charge on any atom is -0.359 e. The molecular formula is C16H24ClN5O2. The molecule has 0 aliphatic heterocycles. The maximum absolute atomic E-state index is 11.3. The van der Waals surface area contributed by atoms with E-state index >= 15 is 0 Å². The molecule has 0 aliphatic rings. The van der Waals surface area contributed by atoms with Crippen LogP contribution in [0.4, 0.5) is 0 Å². The number of nitrogens with zero attached hydrogens (tertiary/aromatic N) is 3. The molecule has 0 fully saturated rings. The average Bonchev–Trinajstić information content (AvgIpc) is 3.00. The van der Waals surface area contributed by atoms with E-state index in [0.29, 0.717) is 24.8 Å². The lowest BCUT2D eigenvalue weighted by Gasteiger charge is -2.19. The summed E-state index contributed by atoms with van der Waals surface area (Å²) in [4.78, 5) is 17.7. The van der Waals surface area contributed by atoms with Gasteiger partial charge in [0.1, 0.15) is 0 Å². The first-order valence-electron chi connectivity index (χ1n) is 7.69. The van der Waals surface area contributed by atoms with Gasteiger partial charge in [0.25, 0.3) is 0 Å². The number of aromatic nitrogens is 2. The zero-order valence-electron chi connectivity index (χ0n) is 13.8. The van der Waals surface area contributed by atoms with E-state index in [1.165, 1.54) is 5.56 Å². The van der Waals surface area contributed by atoms with Crippen LogP contribution in [0.15, 0.2) is 34.9 Å². The molecule has 0 saturated carbocycles. The average molecular weight is 354 g/mol. The van der Waals surface area contributed by atoms with E-state index in [0.717, 1.165) is 19.5 Å². The maximum Gasteiger partial charge on any atom is 0.240 e. The number of carbonyl (C=O) groups is 1. The zero-order valence-corrected chi connectivity index (χ0v) is 14.6. The Labute approximate surface area is 148 Å². The first-order chi connectivity index (χ1) is 11.2. The van der Waals surface area contributed by atoms with Gasteiger partial charge in [0, 0.05) is 26.7 Å². The summed E-state index contributed by atoms with van der Waals surface area (Å²) in [6, 6.07) is 10.3. The van der Waals surface area contributed by atoms with Gasteiger partial charge in [-0.05, 0) is 12.0 Å². The van der Waals surface area contributed by atoms with E-state index in [1.54, 1.807) is 7.05 Å². The molecule has 0 aliphatic carbocycles. The molecular weight excluding hydrogens is 330 g/mol. The predicted molar refractivity (Wildman–Crippen MR) is 93.8 cm³/mol. The van der Waals surface area contributed by atoms with Crippen molar-refractivity contribution in [3.05, 3.63) is 47.6 Å². The molecule has 8 heteroatoms. The highest BCUT2D eigenvalue weighted by atomic mass is 35.5. The Morgan fingerprint density at radius 3 is 2.71 bits per heavy atom. The molecule has 7 nitrogen and oxygen atoms in total. The van der Waals surface area contributed by atoms with Gasteiger partial charge in [0.2, 0.25) is 11.8 Å². The normalized spacial score (nSPS) is 10.5. The SMILES string of the molecule is CNC(=O)Cc1noc(CN(CCN)CCc2ccccc2)n1.Cl. The Hall–Kier alpha value is -1.96.